The number of aliphatic carboxylic acids is 1. The Morgan fingerprint density at radius 3 is 2.71 bits per heavy atom. The first-order valence-electron chi connectivity index (χ1n) is 6.08. The van der Waals surface area contributed by atoms with Crippen LogP contribution in [0.4, 0.5) is 0 Å². The van der Waals surface area contributed by atoms with Gasteiger partial charge in [-0.15, -0.1) is 6.58 Å². The highest BCUT2D eigenvalue weighted by Crippen LogP contribution is 2.24. The van der Waals surface area contributed by atoms with Gasteiger partial charge in [-0.2, -0.15) is 0 Å². The molecule has 4 nitrogen and oxygen atoms in total. The summed E-state index contributed by atoms with van der Waals surface area (Å²) in [6.45, 7) is 8.29. The number of likely N-dealkylation sites (tertiary alicyclic amines) is 1. The van der Waals surface area contributed by atoms with Gasteiger partial charge < -0.3 is 10.0 Å². The van der Waals surface area contributed by atoms with E-state index in [0.29, 0.717) is 13.0 Å². The Bertz CT molecular complexity index is 325. The predicted octanol–water partition coefficient (Wildman–Crippen LogP) is 2.05. The van der Waals surface area contributed by atoms with Gasteiger partial charge in [0.2, 0.25) is 5.91 Å². The van der Waals surface area contributed by atoms with E-state index in [4.69, 9.17) is 5.11 Å². The lowest BCUT2D eigenvalue weighted by Crippen LogP contribution is -2.40. The van der Waals surface area contributed by atoms with Crippen LogP contribution in [0.3, 0.4) is 0 Å². The summed E-state index contributed by atoms with van der Waals surface area (Å²) in [6, 6.07) is -0.118. The van der Waals surface area contributed by atoms with Gasteiger partial charge in [0, 0.05) is 18.5 Å². The Kier molecular flexibility index (Phi) is 4.73. The van der Waals surface area contributed by atoms with E-state index < -0.39 is 5.97 Å². The number of allylic oxidation sites excluding steroid dienone is 1. The van der Waals surface area contributed by atoms with Crippen molar-refractivity contribution in [3.8, 4) is 0 Å². The van der Waals surface area contributed by atoms with Crippen molar-refractivity contribution >= 4 is 11.9 Å². The van der Waals surface area contributed by atoms with E-state index in [-0.39, 0.29) is 24.3 Å². The van der Waals surface area contributed by atoms with E-state index >= 15 is 0 Å². The molecule has 1 saturated heterocycles. The molecule has 0 bridgehead atoms. The fraction of sp³-hybridized carbons (Fsp3) is 0.692. The van der Waals surface area contributed by atoms with Crippen molar-refractivity contribution in [3.05, 3.63) is 12.2 Å². The third-order valence-corrected chi connectivity index (χ3v) is 3.15. The first-order valence-corrected chi connectivity index (χ1v) is 6.08. The lowest BCUT2D eigenvalue weighted by Gasteiger charge is -2.26. The van der Waals surface area contributed by atoms with Crippen molar-refractivity contribution in [2.75, 3.05) is 6.54 Å². The summed E-state index contributed by atoms with van der Waals surface area (Å²) in [6.07, 6.45) is 2.45. The molecule has 1 amide bonds. The Morgan fingerprint density at radius 1 is 1.53 bits per heavy atom. The highest BCUT2D eigenvalue weighted by atomic mass is 16.4. The number of amides is 1. The molecule has 1 aliphatic rings. The minimum atomic E-state index is -0.831. The van der Waals surface area contributed by atoms with E-state index in [1.807, 2.05) is 13.8 Å². The molecule has 0 aliphatic carbocycles. The molecular formula is C13H21NO3. The third kappa shape index (κ3) is 3.88. The van der Waals surface area contributed by atoms with Gasteiger partial charge in [0.15, 0.2) is 0 Å². The molecule has 1 N–H and O–H groups in total. The van der Waals surface area contributed by atoms with Crippen LogP contribution >= 0.6 is 0 Å². The van der Waals surface area contributed by atoms with Gasteiger partial charge in [-0.3, -0.25) is 9.59 Å². The normalized spacial score (nSPS) is 21.3. The first kappa shape index (κ1) is 13.7. The number of rotatable bonds is 5. The second-order valence-corrected chi connectivity index (χ2v) is 4.99. The van der Waals surface area contributed by atoms with Gasteiger partial charge in [0.25, 0.3) is 0 Å². The van der Waals surface area contributed by atoms with Crippen molar-refractivity contribution in [1.29, 1.82) is 0 Å². The van der Waals surface area contributed by atoms with Gasteiger partial charge in [0.05, 0.1) is 6.42 Å². The Balaban J connectivity index is 2.60. The van der Waals surface area contributed by atoms with Crippen molar-refractivity contribution in [3.63, 3.8) is 0 Å². The van der Waals surface area contributed by atoms with Crippen LogP contribution < -0.4 is 0 Å². The van der Waals surface area contributed by atoms with Crippen LogP contribution in [0.5, 0.6) is 0 Å². The summed E-state index contributed by atoms with van der Waals surface area (Å²) in [5, 5.41) is 8.81. The van der Waals surface area contributed by atoms with Gasteiger partial charge in [-0.25, -0.2) is 0 Å². The third-order valence-electron chi connectivity index (χ3n) is 3.15. The number of carbonyl (C=O) groups is 2. The fourth-order valence-corrected chi connectivity index (χ4v) is 2.43. The van der Waals surface area contributed by atoms with Gasteiger partial charge in [0.1, 0.15) is 0 Å². The number of hydrogen-bond acceptors (Lipinski definition) is 2. The maximum atomic E-state index is 12.2. The van der Waals surface area contributed by atoms with Crippen molar-refractivity contribution in [2.24, 2.45) is 5.92 Å². The number of carboxylic acids is 1. The first-order chi connectivity index (χ1) is 7.91. The maximum Gasteiger partial charge on any atom is 0.305 e. The molecule has 1 fully saturated rings. The molecule has 4 heteroatoms. The average Bonchev–Trinajstić information content (AvgIpc) is 2.62. The zero-order valence-corrected chi connectivity index (χ0v) is 10.6. The standard InChI is InChI=1S/C13H21NO3/c1-9(2)7-10(3)13(17)14-6-4-5-11(14)8-12(15)16/h10-11H,1,4-8H2,2-3H3,(H,15,16). The molecule has 1 heterocycles. The van der Waals surface area contributed by atoms with E-state index in [2.05, 4.69) is 6.58 Å². The Morgan fingerprint density at radius 2 is 2.18 bits per heavy atom. The zero-order chi connectivity index (χ0) is 13.0. The molecule has 0 spiro atoms. The van der Waals surface area contributed by atoms with Crippen LogP contribution in [0.1, 0.15) is 39.5 Å². The molecule has 1 aliphatic heterocycles. The van der Waals surface area contributed by atoms with Crippen molar-refractivity contribution < 1.29 is 14.7 Å². The molecule has 2 atom stereocenters. The number of carboxylic acid groups (broad SMARTS) is 1. The van der Waals surface area contributed by atoms with Crippen molar-refractivity contribution in [1.82, 2.24) is 4.90 Å². The van der Waals surface area contributed by atoms with E-state index in [9.17, 15) is 9.59 Å². The van der Waals surface area contributed by atoms with Gasteiger partial charge in [-0.1, -0.05) is 12.5 Å². The van der Waals surface area contributed by atoms with Crippen molar-refractivity contribution in [2.45, 2.75) is 45.6 Å². The summed E-state index contributed by atoms with van der Waals surface area (Å²) in [5.74, 6) is -0.860. The quantitative estimate of drug-likeness (QED) is 0.747. The minimum Gasteiger partial charge on any atom is -0.481 e. The molecule has 0 aromatic carbocycles. The van der Waals surface area contributed by atoms with Crippen LogP contribution in [0, 0.1) is 5.92 Å². The molecule has 96 valence electrons. The lowest BCUT2D eigenvalue weighted by atomic mass is 10.0. The largest absolute Gasteiger partial charge is 0.481 e. The van der Waals surface area contributed by atoms with E-state index in [0.717, 1.165) is 18.4 Å². The van der Waals surface area contributed by atoms with Gasteiger partial charge in [-0.05, 0) is 26.2 Å². The molecule has 0 aromatic heterocycles. The maximum absolute atomic E-state index is 12.2. The SMILES string of the molecule is C=C(C)CC(C)C(=O)N1CCCC1CC(=O)O. The molecule has 0 saturated carbocycles. The monoisotopic (exact) mass is 239 g/mol. The summed E-state index contributed by atoms with van der Waals surface area (Å²) in [7, 11) is 0. The minimum absolute atomic E-state index is 0.0610. The number of nitrogens with zero attached hydrogens (tertiary/aromatic N) is 1. The lowest BCUT2D eigenvalue weighted by molar-refractivity contribution is -0.141. The number of hydrogen-bond donors (Lipinski definition) is 1. The van der Waals surface area contributed by atoms with Crippen LogP contribution in [-0.4, -0.2) is 34.5 Å². The van der Waals surface area contributed by atoms with Crippen LogP contribution in [0.15, 0.2) is 12.2 Å². The molecule has 1 rings (SSSR count). The highest BCUT2D eigenvalue weighted by molar-refractivity contribution is 5.80. The molecule has 2 unspecified atom stereocenters. The molecule has 17 heavy (non-hydrogen) atoms. The second-order valence-electron chi connectivity index (χ2n) is 4.99. The van der Waals surface area contributed by atoms with Gasteiger partial charge >= 0.3 is 5.97 Å². The van der Waals surface area contributed by atoms with Crippen LogP contribution in [-0.2, 0) is 9.59 Å². The summed E-state index contributed by atoms with van der Waals surface area (Å²) < 4.78 is 0. The zero-order valence-electron chi connectivity index (χ0n) is 10.6. The summed E-state index contributed by atoms with van der Waals surface area (Å²) >= 11 is 0. The van der Waals surface area contributed by atoms with Crippen LogP contribution in [0.2, 0.25) is 0 Å². The van der Waals surface area contributed by atoms with Crippen LogP contribution in [0.25, 0.3) is 0 Å². The van der Waals surface area contributed by atoms with E-state index in [1.165, 1.54) is 0 Å². The Hall–Kier alpha value is -1.32. The predicted molar refractivity (Wildman–Crippen MR) is 65.6 cm³/mol. The average molecular weight is 239 g/mol. The molecule has 0 aromatic rings. The number of carbonyl (C=O) groups excluding carboxylic acids is 1. The smallest absolute Gasteiger partial charge is 0.305 e. The topological polar surface area (TPSA) is 57.6 Å². The Labute approximate surface area is 102 Å². The molecule has 0 radical (unpaired) electrons. The van der Waals surface area contributed by atoms with E-state index in [1.54, 1.807) is 4.90 Å². The highest BCUT2D eigenvalue weighted by Gasteiger charge is 2.32. The molecular weight excluding hydrogens is 218 g/mol. The summed E-state index contributed by atoms with van der Waals surface area (Å²) in [5.41, 5.74) is 0.986. The summed E-state index contributed by atoms with van der Waals surface area (Å²) in [4.78, 5) is 24.6. The fourth-order valence-electron chi connectivity index (χ4n) is 2.43. The second kappa shape index (κ2) is 5.84.